The zero-order valence-electron chi connectivity index (χ0n) is 9.11. The summed E-state index contributed by atoms with van der Waals surface area (Å²) in [5.74, 6) is 1.09. The zero-order valence-corrected chi connectivity index (χ0v) is 9.87. The highest BCUT2D eigenvalue weighted by molar-refractivity contribution is 6.32. The van der Waals surface area contributed by atoms with Crippen molar-refractivity contribution in [2.24, 2.45) is 5.92 Å². The molecular weight excluding hydrogens is 228 g/mol. The van der Waals surface area contributed by atoms with Crippen molar-refractivity contribution in [3.05, 3.63) is 11.5 Å². The number of nitrogens with zero attached hydrogens (tertiary/aromatic N) is 2. The van der Waals surface area contributed by atoms with Crippen molar-refractivity contribution >= 4 is 23.1 Å². The molecule has 0 radical (unpaired) electrons. The van der Waals surface area contributed by atoms with Gasteiger partial charge in [0.15, 0.2) is 11.0 Å². The summed E-state index contributed by atoms with van der Waals surface area (Å²) in [6, 6.07) is 0.260. The molecule has 1 aliphatic rings. The average Bonchev–Trinajstić information content (AvgIpc) is 2.78. The van der Waals surface area contributed by atoms with Crippen LogP contribution in [0.4, 0.5) is 11.5 Å². The van der Waals surface area contributed by atoms with E-state index in [9.17, 15) is 0 Å². The van der Waals surface area contributed by atoms with Gasteiger partial charge in [0, 0.05) is 18.6 Å². The van der Waals surface area contributed by atoms with Crippen molar-refractivity contribution in [3.63, 3.8) is 0 Å². The van der Waals surface area contributed by atoms with Crippen molar-refractivity contribution < 1.29 is 4.74 Å². The molecule has 0 saturated carbocycles. The van der Waals surface area contributed by atoms with E-state index >= 15 is 0 Å². The lowest BCUT2D eigenvalue weighted by molar-refractivity contribution is 0.183. The summed E-state index contributed by atoms with van der Waals surface area (Å²) in [4.78, 5) is 7.89. The van der Waals surface area contributed by atoms with Gasteiger partial charge in [0.05, 0.1) is 6.61 Å². The SMILES string of the molecule is CC(Nc1ncnc(Cl)c1N)C1CCOC1. The Kier molecular flexibility index (Phi) is 3.46. The molecule has 2 rings (SSSR count). The molecule has 0 aromatic carbocycles. The third-order valence-electron chi connectivity index (χ3n) is 2.87. The van der Waals surface area contributed by atoms with Crippen molar-refractivity contribution in [2.45, 2.75) is 19.4 Å². The lowest BCUT2D eigenvalue weighted by Crippen LogP contribution is -2.27. The third-order valence-corrected chi connectivity index (χ3v) is 3.17. The molecule has 88 valence electrons. The maximum atomic E-state index is 5.82. The molecule has 2 unspecified atom stereocenters. The Morgan fingerprint density at radius 3 is 3.12 bits per heavy atom. The Morgan fingerprint density at radius 1 is 1.62 bits per heavy atom. The number of rotatable bonds is 3. The molecule has 1 aromatic heterocycles. The zero-order chi connectivity index (χ0) is 11.5. The second-order valence-electron chi connectivity index (χ2n) is 3.98. The highest BCUT2D eigenvalue weighted by atomic mass is 35.5. The van der Waals surface area contributed by atoms with Crippen LogP contribution >= 0.6 is 11.6 Å². The Balaban J connectivity index is 2.05. The largest absolute Gasteiger partial charge is 0.393 e. The van der Waals surface area contributed by atoms with E-state index in [2.05, 4.69) is 22.2 Å². The van der Waals surface area contributed by atoms with Crippen LogP contribution in [0.25, 0.3) is 0 Å². The van der Waals surface area contributed by atoms with Crippen LogP contribution in [0.2, 0.25) is 5.15 Å². The van der Waals surface area contributed by atoms with Gasteiger partial charge in [-0.1, -0.05) is 11.6 Å². The van der Waals surface area contributed by atoms with Crippen molar-refractivity contribution in [2.75, 3.05) is 24.3 Å². The van der Waals surface area contributed by atoms with Crippen LogP contribution in [0, 0.1) is 5.92 Å². The molecule has 6 heteroatoms. The van der Waals surface area contributed by atoms with Crippen molar-refractivity contribution in [1.29, 1.82) is 0 Å². The normalized spacial score (nSPS) is 22.0. The summed E-state index contributed by atoms with van der Waals surface area (Å²) in [5.41, 5.74) is 6.18. The van der Waals surface area contributed by atoms with E-state index in [1.54, 1.807) is 0 Å². The molecule has 0 bridgehead atoms. The Morgan fingerprint density at radius 2 is 2.44 bits per heavy atom. The summed E-state index contributed by atoms with van der Waals surface area (Å²) in [5, 5.41) is 3.54. The minimum Gasteiger partial charge on any atom is -0.393 e. The first kappa shape index (κ1) is 11.4. The van der Waals surface area contributed by atoms with Gasteiger partial charge in [0.25, 0.3) is 0 Å². The van der Waals surface area contributed by atoms with Gasteiger partial charge in [-0.15, -0.1) is 0 Å². The van der Waals surface area contributed by atoms with E-state index in [4.69, 9.17) is 22.1 Å². The lowest BCUT2D eigenvalue weighted by atomic mass is 10.0. The number of aromatic nitrogens is 2. The number of nitrogen functional groups attached to an aromatic ring is 1. The minimum absolute atomic E-state index is 0.260. The molecule has 0 amide bonds. The molecule has 2 heterocycles. The predicted molar refractivity (Wildman–Crippen MR) is 63.5 cm³/mol. The van der Waals surface area contributed by atoms with E-state index in [-0.39, 0.29) is 11.2 Å². The van der Waals surface area contributed by atoms with E-state index in [1.807, 2.05) is 0 Å². The van der Waals surface area contributed by atoms with Crippen molar-refractivity contribution in [3.8, 4) is 0 Å². The van der Waals surface area contributed by atoms with Gasteiger partial charge < -0.3 is 15.8 Å². The molecule has 3 N–H and O–H groups in total. The Labute approximate surface area is 99.4 Å². The fourth-order valence-electron chi connectivity index (χ4n) is 1.77. The molecule has 2 atom stereocenters. The summed E-state index contributed by atoms with van der Waals surface area (Å²) in [7, 11) is 0. The molecule has 1 saturated heterocycles. The predicted octanol–water partition coefficient (Wildman–Crippen LogP) is 1.55. The molecule has 16 heavy (non-hydrogen) atoms. The van der Waals surface area contributed by atoms with Gasteiger partial charge >= 0.3 is 0 Å². The van der Waals surface area contributed by atoms with Crippen LogP contribution in [0.3, 0.4) is 0 Å². The van der Waals surface area contributed by atoms with Crippen LogP contribution in [0.15, 0.2) is 6.33 Å². The second kappa shape index (κ2) is 4.84. The van der Waals surface area contributed by atoms with E-state index in [0.29, 0.717) is 17.4 Å². The van der Waals surface area contributed by atoms with Crippen LogP contribution < -0.4 is 11.1 Å². The van der Waals surface area contributed by atoms with Gasteiger partial charge in [0.2, 0.25) is 0 Å². The molecular formula is C10H15ClN4O. The monoisotopic (exact) mass is 242 g/mol. The quantitative estimate of drug-likeness (QED) is 0.787. The van der Waals surface area contributed by atoms with E-state index in [0.717, 1.165) is 19.6 Å². The van der Waals surface area contributed by atoms with Crippen molar-refractivity contribution in [1.82, 2.24) is 9.97 Å². The molecule has 0 spiro atoms. The van der Waals surface area contributed by atoms with Crippen LogP contribution in [0.5, 0.6) is 0 Å². The summed E-state index contributed by atoms with van der Waals surface area (Å²) < 4.78 is 5.34. The average molecular weight is 243 g/mol. The molecule has 1 aromatic rings. The van der Waals surface area contributed by atoms with Gasteiger partial charge in [0.1, 0.15) is 12.0 Å². The number of anilines is 2. The minimum atomic E-state index is 0.260. The number of nitrogens with one attached hydrogen (secondary N) is 1. The maximum Gasteiger partial charge on any atom is 0.157 e. The topological polar surface area (TPSA) is 73.1 Å². The summed E-state index contributed by atoms with van der Waals surface area (Å²) >= 11 is 5.82. The van der Waals surface area contributed by atoms with Crippen LogP contribution in [-0.2, 0) is 4.74 Å². The molecule has 1 fully saturated rings. The number of hydrogen-bond acceptors (Lipinski definition) is 5. The first-order chi connectivity index (χ1) is 7.68. The molecule has 0 aliphatic carbocycles. The standard InChI is InChI=1S/C10H15ClN4O/c1-6(7-2-3-16-4-7)15-10-8(12)9(11)13-5-14-10/h5-7H,2-4,12H2,1H3,(H,13,14,15). The smallest absolute Gasteiger partial charge is 0.157 e. The Hall–Kier alpha value is -1.07. The number of hydrogen-bond donors (Lipinski definition) is 2. The highest BCUT2D eigenvalue weighted by Crippen LogP contribution is 2.25. The third kappa shape index (κ3) is 2.36. The molecule has 1 aliphatic heterocycles. The van der Waals surface area contributed by atoms with Gasteiger partial charge in [-0.05, 0) is 13.3 Å². The van der Waals surface area contributed by atoms with Gasteiger partial charge in [-0.2, -0.15) is 0 Å². The summed E-state index contributed by atoms with van der Waals surface area (Å²) in [6.07, 6.45) is 2.46. The van der Waals surface area contributed by atoms with Crippen LogP contribution in [0.1, 0.15) is 13.3 Å². The van der Waals surface area contributed by atoms with Gasteiger partial charge in [-0.3, -0.25) is 0 Å². The van der Waals surface area contributed by atoms with E-state index in [1.165, 1.54) is 6.33 Å². The number of ether oxygens (including phenoxy) is 1. The fraction of sp³-hybridized carbons (Fsp3) is 0.600. The van der Waals surface area contributed by atoms with Crippen LogP contribution in [-0.4, -0.2) is 29.2 Å². The summed E-state index contributed by atoms with van der Waals surface area (Å²) in [6.45, 7) is 3.71. The number of nitrogens with two attached hydrogens (primary N) is 1. The fourth-order valence-corrected chi connectivity index (χ4v) is 1.90. The Bertz CT molecular complexity index is 368. The number of halogens is 1. The van der Waals surface area contributed by atoms with E-state index < -0.39 is 0 Å². The lowest BCUT2D eigenvalue weighted by Gasteiger charge is -2.20. The first-order valence-corrected chi connectivity index (χ1v) is 5.66. The highest BCUT2D eigenvalue weighted by Gasteiger charge is 2.23. The molecule has 5 nitrogen and oxygen atoms in total. The maximum absolute atomic E-state index is 5.82. The first-order valence-electron chi connectivity index (χ1n) is 5.28. The second-order valence-corrected chi connectivity index (χ2v) is 4.34. The van der Waals surface area contributed by atoms with Gasteiger partial charge in [-0.25, -0.2) is 9.97 Å².